The van der Waals surface area contributed by atoms with Gasteiger partial charge in [0, 0.05) is 128 Å². The number of hydrogen-bond donors (Lipinski definition) is 3. The molecule has 0 radical (unpaired) electrons. The fraction of sp³-hybridized carbons (Fsp3) is 0.226. The maximum Gasteiger partial charge on any atom is 0.271 e. The number of carbonyl (C=O) groups is 6. The molecule has 0 fully saturated rings. The van der Waals surface area contributed by atoms with Crippen molar-refractivity contribution in [3.05, 3.63) is 189 Å². The van der Waals surface area contributed by atoms with E-state index in [4.69, 9.17) is 4.74 Å². The van der Waals surface area contributed by atoms with Gasteiger partial charge in [-0.3, -0.25) is 33.8 Å². The van der Waals surface area contributed by atoms with Gasteiger partial charge in [0.25, 0.3) is 17.7 Å². The van der Waals surface area contributed by atoms with Gasteiger partial charge in [-0.25, -0.2) is 28.7 Å². The Morgan fingerprint density at radius 1 is 0.500 bits per heavy atom. The number of aryl methyl sites for hydroxylation is 1. The summed E-state index contributed by atoms with van der Waals surface area (Å²) in [7, 11) is 6.31. The van der Waals surface area contributed by atoms with Gasteiger partial charge in [0.1, 0.15) is 43.7 Å². The monoisotopic (exact) mass is 1260 g/mol. The second-order valence-corrected chi connectivity index (χ2v) is 21.5. The molecule has 0 aliphatic rings. The first kappa shape index (κ1) is 65.9. The molecule has 26 heteroatoms. The average molecular weight is 1260 g/mol. The Morgan fingerprint density at radius 3 is 1.36 bits per heavy atom. The summed E-state index contributed by atoms with van der Waals surface area (Å²) in [5.74, 6) is -3.95. The van der Waals surface area contributed by atoms with Crippen LogP contribution >= 0.6 is 34.0 Å². The molecule has 9 aromatic rings. The topological polar surface area (TPSA) is 235 Å². The third kappa shape index (κ3) is 17.1. The predicted molar refractivity (Wildman–Crippen MR) is 331 cm³/mol. The van der Waals surface area contributed by atoms with Gasteiger partial charge >= 0.3 is 0 Å². The highest BCUT2D eigenvalue weighted by Crippen LogP contribution is 2.31. The number of halogens is 4. The average Bonchev–Trinajstić information content (AvgIpc) is 4.00. The molecule has 88 heavy (non-hydrogen) atoms. The third-order valence-electron chi connectivity index (χ3n) is 13.2. The molecule has 3 aromatic carbocycles. The number of ether oxygens (including phenoxy) is 1. The Labute approximate surface area is 516 Å². The molecular formula is C62H60F4N12O7S3. The Morgan fingerprint density at radius 2 is 0.920 bits per heavy atom. The van der Waals surface area contributed by atoms with Crippen LogP contribution in [0.1, 0.15) is 93.9 Å². The molecule has 6 aromatic heterocycles. The van der Waals surface area contributed by atoms with Crippen LogP contribution in [-0.4, -0.2) is 93.6 Å². The minimum Gasteiger partial charge on any atom is -0.481 e. The van der Waals surface area contributed by atoms with Crippen molar-refractivity contribution in [3.63, 3.8) is 0 Å². The van der Waals surface area contributed by atoms with Crippen LogP contribution in [0, 0.1) is 30.5 Å². The van der Waals surface area contributed by atoms with E-state index in [9.17, 15) is 46.3 Å². The van der Waals surface area contributed by atoms with E-state index in [-0.39, 0.29) is 83.1 Å². The number of nitrogens with zero attached hydrogens (tertiary/aromatic N) is 9. The molecule has 0 spiro atoms. The zero-order valence-corrected chi connectivity index (χ0v) is 51.4. The molecule has 0 atom stereocenters. The molecule has 0 saturated heterocycles. The number of rotatable bonds is 19. The lowest BCUT2D eigenvalue weighted by Crippen LogP contribution is -2.26. The lowest BCUT2D eigenvalue weighted by Gasteiger charge is -2.17. The number of methoxy groups -OCH3 is 1. The molecule has 6 heterocycles. The van der Waals surface area contributed by atoms with Crippen LogP contribution in [0.25, 0.3) is 31.7 Å². The van der Waals surface area contributed by atoms with Gasteiger partial charge in [-0.15, -0.1) is 34.0 Å². The first-order chi connectivity index (χ1) is 42.2. The highest BCUT2D eigenvalue weighted by Gasteiger charge is 2.21. The van der Waals surface area contributed by atoms with Gasteiger partial charge in [-0.1, -0.05) is 32.9 Å². The van der Waals surface area contributed by atoms with Crippen LogP contribution in [0.5, 0.6) is 5.88 Å². The summed E-state index contributed by atoms with van der Waals surface area (Å²) in [5, 5.41) is 14.7. The van der Waals surface area contributed by atoms with E-state index in [0.29, 0.717) is 51.4 Å². The Bertz CT molecular complexity index is 3960. The Balaban J connectivity index is 0.000000188. The van der Waals surface area contributed by atoms with Crippen LogP contribution in [0.4, 0.5) is 34.6 Å². The molecule has 456 valence electrons. The van der Waals surface area contributed by atoms with Crippen LogP contribution < -0.4 is 35.4 Å². The van der Waals surface area contributed by atoms with Crippen molar-refractivity contribution in [1.29, 1.82) is 0 Å². The van der Waals surface area contributed by atoms with Gasteiger partial charge in [0.2, 0.25) is 35.5 Å². The molecule has 19 nitrogen and oxygen atoms in total. The van der Waals surface area contributed by atoms with Crippen LogP contribution in [0.3, 0.4) is 0 Å². The van der Waals surface area contributed by atoms with E-state index in [2.05, 4.69) is 45.9 Å². The number of aromatic nitrogens is 6. The minimum atomic E-state index is -0.962. The quantitative estimate of drug-likeness (QED) is 0.0505. The lowest BCUT2D eigenvalue weighted by atomic mass is 10.2. The highest BCUT2D eigenvalue weighted by molar-refractivity contribution is 7.14. The van der Waals surface area contributed by atoms with Crippen molar-refractivity contribution < 1.29 is 51.1 Å². The smallest absolute Gasteiger partial charge is 0.271 e. The Kier molecular flexibility index (Phi) is 23.3. The summed E-state index contributed by atoms with van der Waals surface area (Å²) < 4.78 is 60.6. The van der Waals surface area contributed by atoms with E-state index in [1.165, 1.54) is 82.2 Å². The highest BCUT2D eigenvalue weighted by atomic mass is 32.1. The number of hydrogen-bond acceptors (Lipinski definition) is 16. The summed E-state index contributed by atoms with van der Waals surface area (Å²) in [6, 6.07) is 25.9. The van der Waals surface area contributed by atoms with Crippen molar-refractivity contribution in [2.24, 2.45) is 0 Å². The van der Waals surface area contributed by atoms with Gasteiger partial charge < -0.3 is 35.4 Å². The minimum absolute atomic E-state index is 0.0127. The number of amides is 6. The van der Waals surface area contributed by atoms with E-state index < -0.39 is 29.4 Å². The largest absolute Gasteiger partial charge is 0.481 e. The van der Waals surface area contributed by atoms with Crippen molar-refractivity contribution >= 4 is 86.5 Å². The van der Waals surface area contributed by atoms with Gasteiger partial charge in [-0.05, 0) is 97.4 Å². The number of anilines is 3. The maximum atomic E-state index is 14.5. The summed E-state index contributed by atoms with van der Waals surface area (Å²) in [4.78, 5) is 101. The molecule has 0 saturated carbocycles. The molecule has 9 rings (SSSR count). The normalized spacial score (nSPS) is 10.6. The molecule has 0 unspecified atom stereocenters. The van der Waals surface area contributed by atoms with Crippen molar-refractivity contribution in [2.75, 3.05) is 43.0 Å². The first-order valence-electron chi connectivity index (χ1n) is 27.1. The van der Waals surface area contributed by atoms with Crippen LogP contribution in [-0.2, 0) is 34.0 Å². The van der Waals surface area contributed by atoms with E-state index in [1.54, 1.807) is 92.6 Å². The first-order valence-corrected chi connectivity index (χ1v) is 29.8. The van der Waals surface area contributed by atoms with E-state index in [0.717, 1.165) is 34.1 Å². The van der Waals surface area contributed by atoms with Gasteiger partial charge in [0.05, 0.1) is 18.5 Å². The van der Waals surface area contributed by atoms with Crippen LogP contribution in [0.2, 0.25) is 0 Å². The number of carbonyl (C=O) groups excluding carboxylic acids is 6. The summed E-state index contributed by atoms with van der Waals surface area (Å²) >= 11 is 3.79. The van der Waals surface area contributed by atoms with E-state index >= 15 is 0 Å². The second-order valence-electron chi connectivity index (χ2n) is 19.0. The zero-order chi connectivity index (χ0) is 63.6. The lowest BCUT2D eigenvalue weighted by molar-refractivity contribution is -0.118. The fourth-order valence-corrected chi connectivity index (χ4v) is 10.5. The van der Waals surface area contributed by atoms with Crippen molar-refractivity contribution in [3.8, 4) is 37.6 Å². The summed E-state index contributed by atoms with van der Waals surface area (Å²) in [6.45, 7) is 7.59. The zero-order valence-electron chi connectivity index (χ0n) is 49.0. The second kappa shape index (κ2) is 31.1. The molecule has 6 amide bonds. The van der Waals surface area contributed by atoms with Gasteiger partial charge in [0.15, 0.2) is 0 Å². The molecule has 0 aliphatic heterocycles. The van der Waals surface area contributed by atoms with Crippen LogP contribution in [0.15, 0.2) is 126 Å². The standard InChI is InChI=1S/C21H21FN4O3S.C21H21FN4O2S.C20H18F2N4O2S/c1-4-18(27)26(2)17-8-7-13(10-15(17)22)21-25-16(12-30-21)19(28)24-11-14-6-5-9-23-20(14)29-3;1-4-19(27)26(3)18-8-7-14(10-16(18)22)21-25-17(12-29-21)20(28)24-11-15-6-5-9-23-13(15)2;1-3-17(27)26(2)14-7-4-12(5-8-14)20-24-15(11-29-20)19(28)23-10-13-6-9-16(21)25-18(13)22/h5-10,12H,4,11H2,1-3H3,(H,24,28);5-10,12H,4,11H2,1-3H3,(H,24,28);4-9,11H,3,10H2,1-2H3,(H,23,28). The summed E-state index contributed by atoms with van der Waals surface area (Å²) in [6.07, 6.45) is 4.31. The molecular weight excluding hydrogens is 1200 g/mol. The van der Waals surface area contributed by atoms with Crippen molar-refractivity contribution in [1.82, 2.24) is 45.9 Å². The number of nitrogens with one attached hydrogen (secondary N) is 3. The van der Waals surface area contributed by atoms with Gasteiger partial charge in [-0.2, -0.15) is 13.8 Å². The number of pyridine rings is 3. The number of benzene rings is 3. The van der Waals surface area contributed by atoms with Crippen molar-refractivity contribution in [2.45, 2.75) is 66.6 Å². The molecule has 0 aliphatic carbocycles. The SMILES string of the molecule is CCC(=O)N(C)c1ccc(-c2nc(C(=O)NCc3ccc(F)nc3F)cs2)cc1.CCC(=O)N(C)c1ccc(-c2nc(C(=O)NCc3cccnc3C)cs2)cc1F.CCC(=O)N(C)c1ccc(-c2nc(C(=O)NCc3cccnc3OC)cs2)cc1F. The number of thiazole rings is 3. The maximum absolute atomic E-state index is 14.5. The summed E-state index contributed by atoms with van der Waals surface area (Å²) in [5.41, 5.74) is 6.39. The van der Waals surface area contributed by atoms with E-state index in [1.807, 2.05) is 49.4 Å². The Hall–Kier alpha value is -9.66. The predicted octanol–water partition coefficient (Wildman–Crippen LogP) is 11.4. The molecule has 3 N–H and O–H groups in total. The third-order valence-corrected chi connectivity index (χ3v) is 15.9. The molecule has 0 bridgehead atoms. The fourth-order valence-electron chi connectivity index (χ4n) is 8.13.